The van der Waals surface area contributed by atoms with Gasteiger partial charge in [-0.2, -0.15) is 0 Å². The normalized spacial score (nSPS) is 21.6. The molecule has 2 aliphatic rings. The van der Waals surface area contributed by atoms with Crippen molar-refractivity contribution in [3.63, 3.8) is 0 Å². The van der Waals surface area contributed by atoms with Gasteiger partial charge < -0.3 is 14.4 Å². The van der Waals surface area contributed by atoms with Crippen molar-refractivity contribution in [3.05, 3.63) is 22.4 Å². The van der Waals surface area contributed by atoms with Crippen molar-refractivity contribution in [1.29, 1.82) is 0 Å². The minimum absolute atomic E-state index is 0.165. The molecule has 0 aromatic carbocycles. The second-order valence-corrected chi connectivity index (χ2v) is 6.84. The Morgan fingerprint density at radius 1 is 1.20 bits per heavy atom. The number of hydrogen-bond acceptors (Lipinski definition) is 2. The molecule has 110 valence electrons. The smallest absolute Gasteiger partial charge is 0.270 e. The summed E-state index contributed by atoms with van der Waals surface area (Å²) in [4.78, 5) is 17.2. The van der Waals surface area contributed by atoms with E-state index < -0.39 is 0 Å². The van der Waals surface area contributed by atoms with Gasteiger partial charge in [-0.05, 0) is 60.8 Å². The molecule has 0 aliphatic carbocycles. The number of carbonyl (C=O) groups excluding carboxylic acids is 1. The van der Waals surface area contributed by atoms with E-state index in [4.69, 9.17) is 0 Å². The van der Waals surface area contributed by atoms with Crippen LogP contribution in [0.2, 0.25) is 0 Å². The summed E-state index contributed by atoms with van der Waals surface area (Å²) >= 11 is 3.43. The van der Waals surface area contributed by atoms with Gasteiger partial charge in [0.25, 0.3) is 5.91 Å². The number of halogens is 1. The number of rotatable bonds is 2. The maximum Gasteiger partial charge on any atom is 0.270 e. The molecule has 1 amide bonds. The van der Waals surface area contributed by atoms with Gasteiger partial charge in [-0.15, -0.1) is 0 Å². The Morgan fingerprint density at radius 2 is 1.85 bits per heavy atom. The van der Waals surface area contributed by atoms with E-state index in [1.54, 1.807) is 0 Å². The fourth-order valence-corrected chi connectivity index (χ4v) is 3.96. The fraction of sp³-hybridized carbons (Fsp3) is 0.667. The number of nitrogens with zero attached hydrogens (tertiary/aromatic N) is 3. The molecule has 0 N–H and O–H groups in total. The minimum atomic E-state index is 0.165. The number of likely N-dealkylation sites (tertiary alicyclic amines) is 2. The maximum absolute atomic E-state index is 12.5. The van der Waals surface area contributed by atoms with Crippen LogP contribution in [0, 0.1) is 0 Å². The SMILES string of the molecule is Cn1cc(Br)cc1C(=O)N1CCC(N2CCCC2)CC1. The van der Waals surface area contributed by atoms with Crippen LogP contribution in [-0.2, 0) is 7.05 Å². The molecule has 1 aromatic rings. The third-order valence-corrected chi connectivity index (χ3v) is 5.03. The molecule has 0 spiro atoms. The predicted molar refractivity (Wildman–Crippen MR) is 82.8 cm³/mol. The molecule has 2 fully saturated rings. The third kappa shape index (κ3) is 2.79. The molecule has 0 atom stereocenters. The number of aromatic nitrogens is 1. The molecular weight excluding hydrogens is 318 g/mol. The Balaban J connectivity index is 1.60. The lowest BCUT2D eigenvalue weighted by molar-refractivity contribution is 0.0635. The van der Waals surface area contributed by atoms with Gasteiger partial charge in [0, 0.05) is 36.8 Å². The third-order valence-electron chi connectivity index (χ3n) is 4.60. The molecule has 20 heavy (non-hydrogen) atoms. The Bertz CT molecular complexity index is 485. The molecule has 4 nitrogen and oxygen atoms in total. The summed E-state index contributed by atoms with van der Waals surface area (Å²) in [6.45, 7) is 4.29. The number of aryl methyl sites for hydroxylation is 1. The van der Waals surface area contributed by atoms with Crippen molar-refractivity contribution >= 4 is 21.8 Å². The molecule has 3 heterocycles. The standard InChI is InChI=1S/C15H22BrN3O/c1-17-11-12(16)10-14(17)15(20)19-8-4-13(5-9-19)18-6-2-3-7-18/h10-11,13H,2-9H2,1H3. The van der Waals surface area contributed by atoms with E-state index in [0.717, 1.165) is 36.1 Å². The largest absolute Gasteiger partial charge is 0.345 e. The molecular formula is C15H22BrN3O. The van der Waals surface area contributed by atoms with Crippen molar-refractivity contribution in [2.75, 3.05) is 26.2 Å². The zero-order chi connectivity index (χ0) is 14.1. The number of piperidine rings is 1. The van der Waals surface area contributed by atoms with Gasteiger partial charge in [-0.3, -0.25) is 4.79 Å². The molecule has 2 saturated heterocycles. The van der Waals surface area contributed by atoms with Crippen molar-refractivity contribution in [3.8, 4) is 0 Å². The second kappa shape index (κ2) is 5.90. The monoisotopic (exact) mass is 339 g/mol. The van der Waals surface area contributed by atoms with Gasteiger partial charge in [-0.1, -0.05) is 0 Å². The van der Waals surface area contributed by atoms with Crippen LogP contribution in [0.3, 0.4) is 0 Å². The van der Waals surface area contributed by atoms with Crippen molar-refractivity contribution in [2.45, 2.75) is 31.7 Å². The summed E-state index contributed by atoms with van der Waals surface area (Å²) in [6.07, 6.45) is 6.87. The lowest BCUT2D eigenvalue weighted by Crippen LogP contribution is -2.46. The van der Waals surface area contributed by atoms with Gasteiger partial charge in [0.05, 0.1) is 0 Å². The van der Waals surface area contributed by atoms with Crippen LogP contribution in [0.15, 0.2) is 16.7 Å². The van der Waals surface area contributed by atoms with E-state index in [1.807, 2.05) is 28.8 Å². The second-order valence-electron chi connectivity index (χ2n) is 5.92. The average Bonchev–Trinajstić information content (AvgIpc) is 3.08. The number of hydrogen-bond donors (Lipinski definition) is 0. The lowest BCUT2D eigenvalue weighted by Gasteiger charge is -2.36. The minimum Gasteiger partial charge on any atom is -0.345 e. The number of carbonyl (C=O) groups is 1. The highest BCUT2D eigenvalue weighted by Gasteiger charge is 2.29. The fourth-order valence-electron chi connectivity index (χ4n) is 3.44. The van der Waals surface area contributed by atoms with E-state index in [2.05, 4.69) is 20.8 Å². The highest BCUT2D eigenvalue weighted by atomic mass is 79.9. The molecule has 0 bridgehead atoms. The topological polar surface area (TPSA) is 28.5 Å². The zero-order valence-corrected chi connectivity index (χ0v) is 13.6. The van der Waals surface area contributed by atoms with Gasteiger partial charge in [0.15, 0.2) is 0 Å². The molecule has 0 unspecified atom stereocenters. The molecule has 3 rings (SSSR count). The summed E-state index contributed by atoms with van der Waals surface area (Å²) in [6, 6.07) is 2.61. The first kappa shape index (κ1) is 14.1. The maximum atomic E-state index is 12.5. The Kier molecular flexibility index (Phi) is 4.17. The van der Waals surface area contributed by atoms with E-state index >= 15 is 0 Å². The van der Waals surface area contributed by atoms with E-state index in [-0.39, 0.29) is 5.91 Å². The zero-order valence-electron chi connectivity index (χ0n) is 12.0. The van der Waals surface area contributed by atoms with E-state index in [9.17, 15) is 4.79 Å². The quantitative estimate of drug-likeness (QED) is 0.828. The summed E-state index contributed by atoms with van der Waals surface area (Å²) in [5, 5.41) is 0. The predicted octanol–water partition coefficient (Wildman–Crippen LogP) is 2.49. The summed E-state index contributed by atoms with van der Waals surface area (Å²) in [5.41, 5.74) is 0.775. The van der Waals surface area contributed by atoms with Crippen LogP contribution in [0.4, 0.5) is 0 Å². The summed E-state index contributed by atoms with van der Waals surface area (Å²) in [7, 11) is 1.93. The van der Waals surface area contributed by atoms with Crippen LogP contribution in [0.25, 0.3) is 0 Å². The summed E-state index contributed by atoms with van der Waals surface area (Å²) < 4.78 is 2.87. The highest BCUT2D eigenvalue weighted by molar-refractivity contribution is 9.10. The Morgan fingerprint density at radius 3 is 2.40 bits per heavy atom. The summed E-state index contributed by atoms with van der Waals surface area (Å²) in [5.74, 6) is 0.165. The van der Waals surface area contributed by atoms with Crippen molar-refractivity contribution < 1.29 is 4.79 Å². The van der Waals surface area contributed by atoms with Crippen molar-refractivity contribution in [2.24, 2.45) is 7.05 Å². The van der Waals surface area contributed by atoms with Crippen LogP contribution >= 0.6 is 15.9 Å². The number of amides is 1. The first-order valence-corrected chi connectivity index (χ1v) is 8.29. The first-order valence-electron chi connectivity index (χ1n) is 7.50. The molecule has 0 saturated carbocycles. The van der Waals surface area contributed by atoms with Gasteiger partial charge in [-0.25, -0.2) is 0 Å². The Hall–Kier alpha value is -0.810. The van der Waals surface area contributed by atoms with Crippen LogP contribution < -0.4 is 0 Å². The molecule has 1 aromatic heterocycles. The van der Waals surface area contributed by atoms with E-state index in [1.165, 1.54) is 25.9 Å². The Labute approximate surface area is 128 Å². The van der Waals surface area contributed by atoms with Crippen LogP contribution in [0.1, 0.15) is 36.2 Å². The first-order chi connectivity index (χ1) is 9.65. The van der Waals surface area contributed by atoms with Crippen LogP contribution in [-0.4, -0.2) is 52.5 Å². The van der Waals surface area contributed by atoms with E-state index in [0.29, 0.717) is 6.04 Å². The lowest BCUT2D eigenvalue weighted by atomic mass is 10.0. The highest BCUT2D eigenvalue weighted by Crippen LogP contribution is 2.23. The molecule has 0 radical (unpaired) electrons. The van der Waals surface area contributed by atoms with Gasteiger partial charge >= 0.3 is 0 Å². The average molecular weight is 340 g/mol. The van der Waals surface area contributed by atoms with Gasteiger partial charge in [0.1, 0.15) is 5.69 Å². The molecule has 2 aliphatic heterocycles. The van der Waals surface area contributed by atoms with Gasteiger partial charge in [0.2, 0.25) is 0 Å². The van der Waals surface area contributed by atoms with Crippen LogP contribution in [0.5, 0.6) is 0 Å². The van der Waals surface area contributed by atoms with Crippen molar-refractivity contribution in [1.82, 2.24) is 14.4 Å². The molecule has 5 heteroatoms.